The molecule has 2 heterocycles. The summed E-state index contributed by atoms with van der Waals surface area (Å²) in [5, 5.41) is 0. The summed E-state index contributed by atoms with van der Waals surface area (Å²) in [6.07, 6.45) is 3.21. The fraction of sp³-hybridized carbons (Fsp3) is 0.0833. The van der Waals surface area contributed by atoms with Gasteiger partial charge in [-0.15, -0.1) is 0 Å². The molecule has 0 amide bonds. The molecule has 0 fully saturated rings. The molecule has 0 saturated carbocycles. The van der Waals surface area contributed by atoms with Crippen molar-refractivity contribution in [1.29, 1.82) is 0 Å². The molecule has 0 unspecified atom stereocenters. The normalized spacial score (nSPS) is 13.1. The summed E-state index contributed by atoms with van der Waals surface area (Å²) in [7, 11) is 0. The zero-order valence-corrected chi connectivity index (χ0v) is 8.02. The van der Waals surface area contributed by atoms with Gasteiger partial charge in [-0.05, 0) is 11.6 Å². The molecule has 1 aromatic heterocycles. The van der Waals surface area contributed by atoms with Crippen LogP contribution >= 0.6 is 0 Å². The second-order valence-electron chi connectivity index (χ2n) is 3.60. The van der Waals surface area contributed by atoms with Gasteiger partial charge < -0.3 is 4.57 Å². The maximum atomic E-state index is 13.0. The third-order valence-electron chi connectivity index (χ3n) is 2.56. The Morgan fingerprint density at radius 3 is 3.07 bits per heavy atom. The van der Waals surface area contributed by atoms with E-state index in [1.165, 1.54) is 12.3 Å². The van der Waals surface area contributed by atoms with Crippen molar-refractivity contribution in [3.05, 3.63) is 53.6 Å². The lowest BCUT2D eigenvalue weighted by Crippen LogP contribution is -1.99. The number of benzene rings is 1. The second-order valence-corrected chi connectivity index (χ2v) is 3.60. The first-order chi connectivity index (χ1) is 7.33. The molecule has 0 bridgehead atoms. The number of nitrogens with zero attached hydrogens (tertiary/aromatic N) is 2. The van der Waals surface area contributed by atoms with Crippen LogP contribution in [0, 0.1) is 5.82 Å². The fourth-order valence-corrected chi connectivity index (χ4v) is 1.82. The maximum absolute atomic E-state index is 13.0. The summed E-state index contributed by atoms with van der Waals surface area (Å²) >= 11 is 0. The van der Waals surface area contributed by atoms with Gasteiger partial charge in [0.2, 0.25) is 0 Å². The van der Waals surface area contributed by atoms with E-state index in [9.17, 15) is 4.39 Å². The van der Waals surface area contributed by atoms with E-state index < -0.39 is 0 Å². The van der Waals surface area contributed by atoms with Crippen molar-refractivity contribution < 1.29 is 4.39 Å². The number of fused-ring (bicyclic) bond motifs is 2. The van der Waals surface area contributed by atoms with Crippen LogP contribution in [0.3, 0.4) is 0 Å². The quantitative estimate of drug-likeness (QED) is 0.531. The molecule has 2 nitrogen and oxygen atoms in total. The van der Waals surface area contributed by atoms with Gasteiger partial charge in [0.1, 0.15) is 5.82 Å². The minimum Gasteiger partial charge on any atom is -0.339 e. The number of para-hydroxylation sites is 1. The standard InChI is InChI=1S/C12H9FN2/c13-10-5-11-6-14-12-4-2-1-3-9(12)7-15(11)8-10/h1-6,8H,7H2. The van der Waals surface area contributed by atoms with Crippen LogP contribution in [0.2, 0.25) is 0 Å². The molecule has 74 valence electrons. The van der Waals surface area contributed by atoms with E-state index in [2.05, 4.69) is 4.99 Å². The van der Waals surface area contributed by atoms with Crippen molar-refractivity contribution in [3.8, 4) is 0 Å². The average Bonchev–Trinajstić information content (AvgIpc) is 2.49. The molecule has 15 heavy (non-hydrogen) atoms. The smallest absolute Gasteiger partial charge is 0.141 e. The Balaban J connectivity index is 2.17. The van der Waals surface area contributed by atoms with E-state index in [0.717, 1.165) is 16.9 Å². The van der Waals surface area contributed by atoms with Crippen LogP contribution in [0.15, 0.2) is 41.5 Å². The largest absolute Gasteiger partial charge is 0.339 e. The highest BCUT2D eigenvalue weighted by atomic mass is 19.1. The Morgan fingerprint density at radius 2 is 2.13 bits per heavy atom. The molecule has 2 aromatic rings. The van der Waals surface area contributed by atoms with Crippen molar-refractivity contribution in [2.24, 2.45) is 4.99 Å². The van der Waals surface area contributed by atoms with Gasteiger partial charge in [-0.2, -0.15) is 0 Å². The molecule has 0 spiro atoms. The minimum absolute atomic E-state index is 0.212. The van der Waals surface area contributed by atoms with Gasteiger partial charge in [0.05, 0.1) is 17.6 Å². The van der Waals surface area contributed by atoms with Gasteiger partial charge >= 0.3 is 0 Å². The fourth-order valence-electron chi connectivity index (χ4n) is 1.82. The van der Waals surface area contributed by atoms with Crippen molar-refractivity contribution in [3.63, 3.8) is 0 Å². The number of halogens is 1. The van der Waals surface area contributed by atoms with Crippen LogP contribution in [-0.2, 0) is 6.54 Å². The molecule has 0 saturated heterocycles. The third-order valence-corrected chi connectivity index (χ3v) is 2.56. The van der Waals surface area contributed by atoms with Gasteiger partial charge in [0.15, 0.2) is 0 Å². The first-order valence-electron chi connectivity index (χ1n) is 4.80. The summed E-state index contributed by atoms with van der Waals surface area (Å²) in [4.78, 5) is 4.33. The van der Waals surface area contributed by atoms with E-state index >= 15 is 0 Å². The minimum atomic E-state index is -0.212. The summed E-state index contributed by atoms with van der Waals surface area (Å²) < 4.78 is 14.9. The summed E-state index contributed by atoms with van der Waals surface area (Å²) in [5.41, 5.74) is 2.88. The molecule has 0 aliphatic carbocycles. The Hall–Kier alpha value is -1.90. The van der Waals surface area contributed by atoms with Crippen LogP contribution in [0.5, 0.6) is 0 Å². The molecular formula is C12H9FN2. The molecule has 0 atom stereocenters. The number of aromatic nitrogens is 1. The third kappa shape index (κ3) is 1.36. The number of aliphatic imine (C=N–C) groups is 1. The second kappa shape index (κ2) is 3.05. The maximum Gasteiger partial charge on any atom is 0.141 e. The van der Waals surface area contributed by atoms with Crippen molar-refractivity contribution >= 4 is 11.9 Å². The predicted molar refractivity (Wildman–Crippen MR) is 57.2 cm³/mol. The van der Waals surface area contributed by atoms with Crippen LogP contribution in [0.1, 0.15) is 11.3 Å². The van der Waals surface area contributed by atoms with Gasteiger partial charge in [0.25, 0.3) is 0 Å². The summed E-state index contributed by atoms with van der Waals surface area (Å²) in [5.74, 6) is -0.212. The molecule has 0 radical (unpaired) electrons. The molecule has 1 aliphatic heterocycles. The van der Waals surface area contributed by atoms with E-state index in [4.69, 9.17) is 0 Å². The van der Waals surface area contributed by atoms with Gasteiger partial charge in [-0.1, -0.05) is 18.2 Å². The van der Waals surface area contributed by atoms with Crippen molar-refractivity contribution in [2.45, 2.75) is 6.54 Å². The highest BCUT2D eigenvalue weighted by Gasteiger charge is 2.10. The molecule has 1 aliphatic rings. The lowest BCUT2D eigenvalue weighted by atomic mass is 10.2. The number of hydrogen-bond acceptors (Lipinski definition) is 1. The first kappa shape index (κ1) is 8.41. The lowest BCUT2D eigenvalue weighted by Gasteiger charge is -2.04. The highest BCUT2D eigenvalue weighted by molar-refractivity contribution is 5.81. The molecule has 3 heteroatoms. The zero-order chi connectivity index (χ0) is 10.3. The summed E-state index contributed by atoms with van der Waals surface area (Å²) in [6.45, 7) is 0.676. The van der Waals surface area contributed by atoms with E-state index in [-0.39, 0.29) is 5.82 Å². The average molecular weight is 200 g/mol. The molecule has 3 rings (SSSR count). The van der Waals surface area contributed by atoms with Gasteiger partial charge in [-0.25, -0.2) is 4.39 Å². The van der Waals surface area contributed by atoms with Crippen molar-refractivity contribution in [2.75, 3.05) is 0 Å². The highest BCUT2D eigenvalue weighted by Crippen LogP contribution is 2.23. The topological polar surface area (TPSA) is 17.3 Å². The summed E-state index contributed by atoms with van der Waals surface area (Å²) in [6, 6.07) is 9.40. The van der Waals surface area contributed by atoms with E-state index in [1.54, 1.807) is 6.21 Å². The number of hydrogen-bond donors (Lipinski definition) is 0. The Labute approximate surface area is 86.7 Å². The monoisotopic (exact) mass is 200 g/mol. The SMILES string of the molecule is Fc1cc2n(c1)Cc1ccccc1N=C2. The Morgan fingerprint density at radius 1 is 1.27 bits per heavy atom. The van der Waals surface area contributed by atoms with Crippen LogP contribution in [0.25, 0.3) is 0 Å². The van der Waals surface area contributed by atoms with Crippen LogP contribution in [-0.4, -0.2) is 10.8 Å². The zero-order valence-electron chi connectivity index (χ0n) is 8.02. The van der Waals surface area contributed by atoms with E-state index in [1.807, 2.05) is 28.8 Å². The van der Waals surface area contributed by atoms with Crippen molar-refractivity contribution in [1.82, 2.24) is 4.57 Å². The molecule has 0 N–H and O–H groups in total. The molecule has 1 aromatic carbocycles. The molecular weight excluding hydrogens is 191 g/mol. The van der Waals surface area contributed by atoms with Crippen LogP contribution in [0.4, 0.5) is 10.1 Å². The number of rotatable bonds is 0. The van der Waals surface area contributed by atoms with Gasteiger partial charge in [0, 0.05) is 18.8 Å². The van der Waals surface area contributed by atoms with Gasteiger partial charge in [-0.3, -0.25) is 4.99 Å². The first-order valence-corrected chi connectivity index (χ1v) is 4.80. The van der Waals surface area contributed by atoms with E-state index in [0.29, 0.717) is 6.54 Å². The lowest BCUT2D eigenvalue weighted by molar-refractivity contribution is 0.621. The van der Waals surface area contributed by atoms with Crippen LogP contribution < -0.4 is 0 Å². The Bertz CT molecular complexity index is 540. The predicted octanol–water partition coefficient (Wildman–Crippen LogP) is 2.74. The Kier molecular flexibility index (Phi) is 1.71.